The second-order valence-electron chi connectivity index (χ2n) is 5.02. The number of nitrogens with zero attached hydrogens (tertiary/aromatic N) is 4. The van der Waals surface area contributed by atoms with Crippen molar-refractivity contribution in [3.8, 4) is 17.3 Å². The van der Waals surface area contributed by atoms with Crippen LogP contribution in [-0.2, 0) is 6.54 Å². The van der Waals surface area contributed by atoms with Crippen LogP contribution in [0.5, 0.6) is 0 Å². The number of halogens is 1. The van der Waals surface area contributed by atoms with Gasteiger partial charge < -0.3 is 0 Å². The van der Waals surface area contributed by atoms with Crippen molar-refractivity contribution in [2.75, 3.05) is 0 Å². The van der Waals surface area contributed by atoms with Gasteiger partial charge >= 0.3 is 0 Å². The SMILES string of the molecule is CCCCCCCn1nnc(C#N)c1-c1ccccc1Cl. The van der Waals surface area contributed by atoms with Crippen molar-refractivity contribution >= 4 is 11.6 Å². The molecule has 0 aliphatic heterocycles. The first-order valence-corrected chi connectivity index (χ1v) is 7.74. The fourth-order valence-corrected chi connectivity index (χ4v) is 2.56. The maximum absolute atomic E-state index is 9.22. The standard InChI is InChI=1S/C16H19ClN4/c1-2-3-4-5-8-11-21-16(15(12-18)19-20-21)13-9-6-7-10-14(13)17/h6-7,9-10H,2-5,8,11H2,1H3. The Morgan fingerprint density at radius 3 is 2.67 bits per heavy atom. The molecular formula is C16H19ClN4. The molecule has 2 aromatic rings. The van der Waals surface area contributed by atoms with Gasteiger partial charge in [-0.15, -0.1) is 5.10 Å². The minimum absolute atomic E-state index is 0.330. The fourth-order valence-electron chi connectivity index (χ4n) is 2.33. The number of hydrogen-bond donors (Lipinski definition) is 0. The molecule has 0 saturated heterocycles. The molecule has 1 aromatic heterocycles. The molecule has 5 heteroatoms. The third-order valence-corrected chi connectivity index (χ3v) is 3.77. The quantitative estimate of drug-likeness (QED) is 0.710. The highest BCUT2D eigenvalue weighted by Gasteiger charge is 2.16. The van der Waals surface area contributed by atoms with Gasteiger partial charge in [0.15, 0.2) is 5.69 Å². The van der Waals surface area contributed by atoms with E-state index >= 15 is 0 Å². The molecule has 1 heterocycles. The summed E-state index contributed by atoms with van der Waals surface area (Å²) in [6.07, 6.45) is 5.92. The highest BCUT2D eigenvalue weighted by Crippen LogP contribution is 2.29. The van der Waals surface area contributed by atoms with Crippen LogP contribution in [0, 0.1) is 11.3 Å². The zero-order valence-corrected chi connectivity index (χ0v) is 13.0. The van der Waals surface area contributed by atoms with Gasteiger partial charge in [-0.1, -0.05) is 67.6 Å². The Bertz CT molecular complexity index is 627. The van der Waals surface area contributed by atoms with Crippen molar-refractivity contribution in [2.45, 2.75) is 45.6 Å². The van der Waals surface area contributed by atoms with E-state index in [1.54, 1.807) is 4.68 Å². The molecule has 0 bridgehead atoms. The van der Waals surface area contributed by atoms with Crippen molar-refractivity contribution in [1.29, 1.82) is 5.26 Å². The molecule has 0 aliphatic carbocycles. The topological polar surface area (TPSA) is 54.5 Å². The van der Waals surface area contributed by atoms with Crippen LogP contribution < -0.4 is 0 Å². The Hall–Kier alpha value is -1.86. The number of aromatic nitrogens is 3. The van der Waals surface area contributed by atoms with E-state index in [0.29, 0.717) is 10.7 Å². The largest absolute Gasteiger partial charge is 0.243 e. The number of hydrogen-bond acceptors (Lipinski definition) is 3. The van der Waals surface area contributed by atoms with Crippen molar-refractivity contribution in [1.82, 2.24) is 15.0 Å². The maximum Gasteiger partial charge on any atom is 0.190 e. The number of nitriles is 1. The van der Waals surface area contributed by atoms with E-state index in [1.807, 2.05) is 24.3 Å². The summed E-state index contributed by atoms with van der Waals surface area (Å²) in [5.74, 6) is 0. The normalized spacial score (nSPS) is 10.5. The number of benzene rings is 1. The lowest BCUT2D eigenvalue weighted by atomic mass is 10.1. The van der Waals surface area contributed by atoms with Crippen LogP contribution in [0.15, 0.2) is 24.3 Å². The van der Waals surface area contributed by atoms with Crippen LogP contribution in [0.1, 0.15) is 44.7 Å². The molecule has 0 spiro atoms. The summed E-state index contributed by atoms with van der Waals surface area (Å²) in [5, 5.41) is 17.9. The molecule has 0 fully saturated rings. The Labute approximate surface area is 130 Å². The molecule has 1 aromatic carbocycles. The lowest BCUT2D eigenvalue weighted by Gasteiger charge is -2.08. The summed E-state index contributed by atoms with van der Waals surface area (Å²) in [6, 6.07) is 9.59. The van der Waals surface area contributed by atoms with Crippen molar-refractivity contribution < 1.29 is 0 Å². The second-order valence-corrected chi connectivity index (χ2v) is 5.42. The van der Waals surface area contributed by atoms with Gasteiger partial charge in [0, 0.05) is 12.1 Å². The highest BCUT2D eigenvalue weighted by molar-refractivity contribution is 6.33. The van der Waals surface area contributed by atoms with Crippen LogP contribution in [0.4, 0.5) is 0 Å². The van der Waals surface area contributed by atoms with Crippen LogP contribution in [-0.4, -0.2) is 15.0 Å². The van der Waals surface area contributed by atoms with Crippen LogP contribution >= 0.6 is 11.6 Å². The number of unbranched alkanes of at least 4 members (excludes halogenated alkanes) is 4. The van der Waals surface area contributed by atoms with Crippen LogP contribution in [0.2, 0.25) is 5.02 Å². The molecule has 0 unspecified atom stereocenters. The van der Waals surface area contributed by atoms with Crippen LogP contribution in [0.3, 0.4) is 0 Å². The smallest absolute Gasteiger partial charge is 0.190 e. The molecule has 0 atom stereocenters. The first-order valence-electron chi connectivity index (χ1n) is 7.36. The fraction of sp³-hybridized carbons (Fsp3) is 0.438. The minimum atomic E-state index is 0.330. The lowest BCUT2D eigenvalue weighted by Crippen LogP contribution is -2.03. The zero-order valence-electron chi connectivity index (χ0n) is 12.2. The maximum atomic E-state index is 9.22. The first kappa shape index (κ1) is 15.5. The Morgan fingerprint density at radius 1 is 1.19 bits per heavy atom. The first-order chi connectivity index (χ1) is 10.3. The monoisotopic (exact) mass is 302 g/mol. The van der Waals surface area contributed by atoms with Gasteiger partial charge in [0.2, 0.25) is 0 Å². The number of aryl methyl sites for hydroxylation is 1. The predicted molar refractivity (Wildman–Crippen MR) is 83.9 cm³/mol. The predicted octanol–water partition coefficient (Wildman–Crippen LogP) is 4.44. The van der Waals surface area contributed by atoms with Gasteiger partial charge in [0.25, 0.3) is 0 Å². The Kier molecular flexibility index (Phi) is 5.77. The molecule has 0 amide bonds. The van der Waals surface area contributed by atoms with E-state index in [-0.39, 0.29) is 0 Å². The van der Waals surface area contributed by atoms with E-state index in [4.69, 9.17) is 11.6 Å². The summed E-state index contributed by atoms with van der Waals surface area (Å²) in [4.78, 5) is 0. The summed E-state index contributed by atoms with van der Waals surface area (Å²) in [6.45, 7) is 2.96. The summed E-state index contributed by atoms with van der Waals surface area (Å²) in [7, 11) is 0. The van der Waals surface area contributed by atoms with E-state index in [1.165, 1.54) is 19.3 Å². The molecule has 21 heavy (non-hydrogen) atoms. The molecule has 0 aliphatic rings. The third kappa shape index (κ3) is 3.83. The van der Waals surface area contributed by atoms with Gasteiger partial charge in [-0.25, -0.2) is 4.68 Å². The Morgan fingerprint density at radius 2 is 1.95 bits per heavy atom. The molecule has 0 radical (unpaired) electrons. The molecule has 4 nitrogen and oxygen atoms in total. The summed E-state index contributed by atoms with van der Waals surface area (Å²) >= 11 is 6.24. The third-order valence-electron chi connectivity index (χ3n) is 3.44. The zero-order chi connectivity index (χ0) is 15.1. The van der Waals surface area contributed by atoms with Crippen molar-refractivity contribution in [2.24, 2.45) is 0 Å². The minimum Gasteiger partial charge on any atom is -0.243 e. The van der Waals surface area contributed by atoms with E-state index in [0.717, 1.165) is 30.6 Å². The number of rotatable bonds is 7. The molecular weight excluding hydrogens is 284 g/mol. The molecule has 110 valence electrons. The summed E-state index contributed by atoms with van der Waals surface area (Å²) < 4.78 is 1.80. The lowest BCUT2D eigenvalue weighted by molar-refractivity contribution is 0.524. The van der Waals surface area contributed by atoms with Gasteiger partial charge in [-0.05, 0) is 12.5 Å². The molecule has 0 N–H and O–H groups in total. The van der Waals surface area contributed by atoms with Gasteiger partial charge in [0.05, 0.1) is 5.02 Å². The average Bonchev–Trinajstić information content (AvgIpc) is 2.90. The highest BCUT2D eigenvalue weighted by atomic mass is 35.5. The molecule has 2 rings (SSSR count). The van der Waals surface area contributed by atoms with Crippen molar-refractivity contribution in [3.05, 3.63) is 35.0 Å². The Balaban J connectivity index is 2.18. The molecule has 0 saturated carbocycles. The van der Waals surface area contributed by atoms with E-state index in [2.05, 4.69) is 23.3 Å². The van der Waals surface area contributed by atoms with E-state index in [9.17, 15) is 5.26 Å². The van der Waals surface area contributed by atoms with Gasteiger partial charge in [-0.2, -0.15) is 5.26 Å². The van der Waals surface area contributed by atoms with Crippen molar-refractivity contribution in [3.63, 3.8) is 0 Å². The van der Waals surface area contributed by atoms with E-state index < -0.39 is 0 Å². The van der Waals surface area contributed by atoms with Gasteiger partial charge in [0.1, 0.15) is 11.8 Å². The second kappa shape index (κ2) is 7.80. The average molecular weight is 303 g/mol. The van der Waals surface area contributed by atoms with Gasteiger partial charge in [-0.3, -0.25) is 0 Å². The van der Waals surface area contributed by atoms with Crippen LogP contribution in [0.25, 0.3) is 11.3 Å². The summed E-state index contributed by atoms with van der Waals surface area (Å²) in [5.41, 5.74) is 1.87.